The molecule has 0 bridgehead atoms. The van der Waals surface area contributed by atoms with Crippen LogP contribution in [0.5, 0.6) is 0 Å². The van der Waals surface area contributed by atoms with Crippen LogP contribution in [0.25, 0.3) is 0 Å². The van der Waals surface area contributed by atoms with Gasteiger partial charge in [-0.2, -0.15) is 0 Å². The van der Waals surface area contributed by atoms with Gasteiger partial charge in [0.2, 0.25) is 0 Å². The Morgan fingerprint density at radius 3 is 2.94 bits per heavy atom. The van der Waals surface area contributed by atoms with Crippen molar-refractivity contribution in [3.8, 4) is 0 Å². The molecule has 1 aromatic heterocycles. The number of aromatic nitrogens is 1. The highest BCUT2D eigenvalue weighted by atomic mass is 19.1. The van der Waals surface area contributed by atoms with E-state index in [1.54, 1.807) is 6.20 Å². The number of nitrogens with one attached hydrogen (secondary N) is 1. The monoisotopic (exact) mass is 236 g/mol. The summed E-state index contributed by atoms with van der Waals surface area (Å²) in [5.41, 5.74) is 0.841. The van der Waals surface area contributed by atoms with E-state index < -0.39 is 0 Å². The van der Waals surface area contributed by atoms with Crippen molar-refractivity contribution in [1.29, 1.82) is 0 Å². The van der Waals surface area contributed by atoms with Crippen LogP contribution in [0.3, 0.4) is 0 Å². The molecule has 0 spiro atoms. The molecule has 2 atom stereocenters. The van der Waals surface area contributed by atoms with Gasteiger partial charge >= 0.3 is 0 Å². The predicted molar refractivity (Wildman–Crippen MR) is 67.5 cm³/mol. The molecule has 0 saturated heterocycles. The molecular formula is C14H21FN2. The Balaban J connectivity index is 2.22. The molecule has 1 saturated carbocycles. The lowest BCUT2D eigenvalue weighted by atomic mass is 9.88. The zero-order valence-corrected chi connectivity index (χ0v) is 10.5. The third-order valence-electron chi connectivity index (χ3n) is 3.69. The zero-order valence-electron chi connectivity index (χ0n) is 10.5. The lowest BCUT2D eigenvalue weighted by molar-refractivity contribution is 0.407. The highest BCUT2D eigenvalue weighted by Gasteiger charge is 2.26. The lowest BCUT2D eigenvalue weighted by Gasteiger charge is -2.26. The summed E-state index contributed by atoms with van der Waals surface area (Å²) in [5.74, 6) is 0.155. The summed E-state index contributed by atoms with van der Waals surface area (Å²) < 4.78 is 13.8. The minimum absolute atomic E-state index is 0.151. The van der Waals surface area contributed by atoms with Gasteiger partial charge in [0.15, 0.2) is 0 Å². The number of hydrogen-bond donors (Lipinski definition) is 1. The highest BCUT2D eigenvalue weighted by Crippen LogP contribution is 2.33. The smallest absolute Gasteiger partial charge is 0.145 e. The molecule has 94 valence electrons. The molecule has 1 aliphatic rings. The van der Waals surface area contributed by atoms with Gasteiger partial charge in [-0.1, -0.05) is 26.2 Å². The Hall–Kier alpha value is -0.960. The van der Waals surface area contributed by atoms with E-state index >= 15 is 0 Å². The maximum atomic E-state index is 13.8. The zero-order chi connectivity index (χ0) is 12.1. The molecule has 1 heterocycles. The first-order valence-corrected chi connectivity index (χ1v) is 6.65. The van der Waals surface area contributed by atoms with E-state index in [0.717, 1.165) is 24.9 Å². The van der Waals surface area contributed by atoms with E-state index in [2.05, 4.69) is 17.2 Å². The molecule has 2 unspecified atom stereocenters. The number of halogens is 1. The van der Waals surface area contributed by atoms with Crippen molar-refractivity contribution in [3.63, 3.8) is 0 Å². The number of pyridine rings is 1. The second kappa shape index (κ2) is 6.10. The predicted octanol–water partition coefficient (Wildman–Crippen LogP) is 3.25. The number of nitrogens with zero attached hydrogens (tertiary/aromatic N) is 1. The minimum Gasteiger partial charge on any atom is -0.314 e. The fourth-order valence-corrected chi connectivity index (χ4v) is 2.87. The summed E-state index contributed by atoms with van der Waals surface area (Å²) in [5, 5.41) is 3.51. The minimum atomic E-state index is -0.151. The summed E-state index contributed by atoms with van der Waals surface area (Å²) in [6.45, 7) is 3.07. The maximum absolute atomic E-state index is 13.8. The molecule has 17 heavy (non-hydrogen) atoms. The van der Waals surface area contributed by atoms with Crippen molar-refractivity contribution in [3.05, 3.63) is 29.8 Å². The van der Waals surface area contributed by atoms with Gasteiger partial charge < -0.3 is 5.32 Å². The number of likely N-dealkylation sites (N-methyl/N-ethyl adjacent to an activating group) is 1. The molecule has 1 aliphatic carbocycles. The Morgan fingerprint density at radius 1 is 1.35 bits per heavy atom. The van der Waals surface area contributed by atoms with Crippen molar-refractivity contribution in [2.45, 2.75) is 51.0 Å². The van der Waals surface area contributed by atoms with Gasteiger partial charge in [-0.3, -0.25) is 4.98 Å². The van der Waals surface area contributed by atoms with Crippen LogP contribution in [0.4, 0.5) is 4.39 Å². The normalized spacial score (nSPS) is 25.5. The van der Waals surface area contributed by atoms with Crippen molar-refractivity contribution in [1.82, 2.24) is 10.3 Å². The average Bonchev–Trinajstić information content (AvgIpc) is 2.56. The Kier molecular flexibility index (Phi) is 4.49. The van der Waals surface area contributed by atoms with Crippen LogP contribution >= 0.6 is 0 Å². The third kappa shape index (κ3) is 3.03. The molecule has 2 rings (SSSR count). The van der Waals surface area contributed by atoms with Gasteiger partial charge in [-0.05, 0) is 31.0 Å². The quantitative estimate of drug-likeness (QED) is 0.815. The first kappa shape index (κ1) is 12.5. The summed E-state index contributed by atoms with van der Waals surface area (Å²) in [7, 11) is 0. The van der Waals surface area contributed by atoms with E-state index in [1.807, 2.05) is 6.07 Å². The Labute approximate surface area is 103 Å². The van der Waals surface area contributed by atoms with Crippen LogP contribution in [0, 0.1) is 5.82 Å². The molecule has 3 heteroatoms. The van der Waals surface area contributed by atoms with Crippen molar-refractivity contribution in [2.24, 2.45) is 0 Å². The van der Waals surface area contributed by atoms with Crippen molar-refractivity contribution in [2.75, 3.05) is 6.54 Å². The first-order chi connectivity index (χ1) is 8.33. The Morgan fingerprint density at radius 2 is 2.18 bits per heavy atom. The van der Waals surface area contributed by atoms with Crippen molar-refractivity contribution >= 4 is 0 Å². The number of hydrogen-bond acceptors (Lipinski definition) is 2. The van der Waals surface area contributed by atoms with E-state index in [1.165, 1.54) is 25.5 Å². The maximum Gasteiger partial charge on any atom is 0.145 e. The number of rotatable bonds is 3. The summed E-state index contributed by atoms with van der Waals surface area (Å²) in [6, 6.07) is 2.26. The molecule has 1 N–H and O–H groups in total. The molecular weight excluding hydrogens is 215 g/mol. The van der Waals surface area contributed by atoms with E-state index in [9.17, 15) is 4.39 Å². The summed E-state index contributed by atoms with van der Waals surface area (Å²) >= 11 is 0. The summed E-state index contributed by atoms with van der Waals surface area (Å²) in [6.07, 6.45) is 8.99. The van der Waals surface area contributed by atoms with Crippen LogP contribution in [0.15, 0.2) is 18.5 Å². The molecule has 1 aromatic rings. The fourth-order valence-electron chi connectivity index (χ4n) is 2.87. The lowest BCUT2D eigenvalue weighted by Crippen LogP contribution is -2.34. The third-order valence-corrected chi connectivity index (χ3v) is 3.69. The first-order valence-electron chi connectivity index (χ1n) is 6.65. The molecule has 0 aromatic carbocycles. The topological polar surface area (TPSA) is 24.9 Å². The summed E-state index contributed by atoms with van der Waals surface area (Å²) in [4.78, 5) is 3.84. The van der Waals surface area contributed by atoms with Gasteiger partial charge in [0.25, 0.3) is 0 Å². The fraction of sp³-hybridized carbons (Fsp3) is 0.643. The van der Waals surface area contributed by atoms with E-state index in [0.29, 0.717) is 12.0 Å². The Bertz CT molecular complexity index is 354. The van der Waals surface area contributed by atoms with Crippen LogP contribution in [-0.4, -0.2) is 17.6 Å². The van der Waals surface area contributed by atoms with E-state index in [-0.39, 0.29) is 5.82 Å². The highest BCUT2D eigenvalue weighted by molar-refractivity contribution is 5.20. The largest absolute Gasteiger partial charge is 0.314 e. The van der Waals surface area contributed by atoms with Crippen LogP contribution in [0.1, 0.15) is 50.5 Å². The standard InChI is InChI=1S/C14H21FN2/c1-2-17-14-7-5-3-4-6-12(14)11-8-9-16-10-13(11)15/h8-10,12,14,17H,2-7H2,1H3. The average molecular weight is 236 g/mol. The van der Waals surface area contributed by atoms with Gasteiger partial charge in [-0.15, -0.1) is 0 Å². The van der Waals surface area contributed by atoms with Crippen molar-refractivity contribution < 1.29 is 4.39 Å². The second-order valence-electron chi connectivity index (χ2n) is 4.81. The molecule has 0 radical (unpaired) electrons. The van der Waals surface area contributed by atoms with Crippen LogP contribution < -0.4 is 5.32 Å². The van der Waals surface area contributed by atoms with Gasteiger partial charge in [0.05, 0.1) is 6.20 Å². The molecule has 2 nitrogen and oxygen atoms in total. The molecule has 0 amide bonds. The van der Waals surface area contributed by atoms with Gasteiger partial charge in [0.1, 0.15) is 5.82 Å². The van der Waals surface area contributed by atoms with Gasteiger partial charge in [0, 0.05) is 18.2 Å². The second-order valence-corrected chi connectivity index (χ2v) is 4.81. The molecule has 0 aliphatic heterocycles. The van der Waals surface area contributed by atoms with E-state index in [4.69, 9.17) is 0 Å². The molecule has 1 fully saturated rings. The van der Waals surface area contributed by atoms with Crippen LogP contribution in [-0.2, 0) is 0 Å². The SMILES string of the molecule is CCNC1CCCCCC1c1ccncc1F. The van der Waals surface area contributed by atoms with Gasteiger partial charge in [-0.25, -0.2) is 4.39 Å². The van der Waals surface area contributed by atoms with Crippen LogP contribution in [0.2, 0.25) is 0 Å².